The second-order valence-corrected chi connectivity index (χ2v) is 28.7. The van der Waals surface area contributed by atoms with Crippen LogP contribution in [0.5, 0.6) is 0 Å². The fraction of sp³-hybridized carbons (Fsp3) is 0.463. The minimum Gasteiger partial charge on any atom is -0.311 e. The molecule has 2 heterocycles. The molecule has 0 radical (unpaired) electrons. The second-order valence-electron chi connectivity index (χ2n) is 28.7. The van der Waals surface area contributed by atoms with Crippen LogP contribution in [0.3, 0.4) is 0 Å². The SMILES string of the molecule is Cc1cc2c3c(c1)N(c1ccc(C(C)(C)C)c4c1-c1ccccc1C4(C)C)c1cc4c(cc1B3c1cc3c(cc1N2c1ccc2c(c1)C(C)(C)CCC2(C)C)C(C)(C)CCC3(C)C)C(C)(C)CC4(C)C. The summed E-state index contributed by atoms with van der Waals surface area (Å²) in [7, 11) is 0. The maximum atomic E-state index is 2.77. The molecule has 0 atom stereocenters. The third-order valence-electron chi connectivity index (χ3n) is 19.5. The van der Waals surface area contributed by atoms with E-state index in [9.17, 15) is 0 Å². The molecule has 0 unspecified atom stereocenters. The molecule has 2 nitrogen and oxygen atoms in total. The summed E-state index contributed by atoms with van der Waals surface area (Å²) < 4.78 is 0. The Kier molecular flexibility index (Phi) is 9.17. The van der Waals surface area contributed by atoms with Gasteiger partial charge in [0.2, 0.25) is 0 Å². The number of nitrogens with zero attached hydrogens (tertiary/aromatic N) is 2. The first-order valence-corrected chi connectivity index (χ1v) is 27.0. The molecule has 3 heteroatoms. The molecule has 0 amide bonds. The van der Waals surface area contributed by atoms with Crippen molar-refractivity contribution in [3.63, 3.8) is 0 Å². The lowest BCUT2D eigenvalue weighted by Crippen LogP contribution is -2.62. The molecule has 6 aliphatic rings. The van der Waals surface area contributed by atoms with Gasteiger partial charge in [0.15, 0.2) is 0 Å². The molecule has 0 saturated heterocycles. The van der Waals surface area contributed by atoms with E-state index >= 15 is 0 Å². The zero-order valence-corrected chi connectivity index (χ0v) is 46.2. The number of aryl methyl sites for hydroxylation is 1. The summed E-state index contributed by atoms with van der Waals surface area (Å²) in [6.45, 7) is 44.5. The van der Waals surface area contributed by atoms with Gasteiger partial charge in [-0.05, 0) is 197 Å². The minimum absolute atomic E-state index is 0.0316. The first-order chi connectivity index (χ1) is 32.5. The highest BCUT2D eigenvalue weighted by Gasteiger charge is 2.51. The van der Waals surface area contributed by atoms with Crippen molar-refractivity contribution < 1.29 is 0 Å². The van der Waals surface area contributed by atoms with Crippen molar-refractivity contribution in [2.24, 2.45) is 0 Å². The Morgan fingerprint density at radius 1 is 0.443 bits per heavy atom. The van der Waals surface area contributed by atoms with Crippen molar-refractivity contribution in [1.82, 2.24) is 0 Å². The predicted octanol–water partition coefficient (Wildman–Crippen LogP) is 16.3. The molecule has 4 aliphatic carbocycles. The average Bonchev–Trinajstić information content (AvgIpc) is 3.62. The topological polar surface area (TPSA) is 6.48 Å². The van der Waals surface area contributed by atoms with Crippen molar-refractivity contribution in [2.75, 3.05) is 9.80 Å². The monoisotopic (exact) mass is 923 g/mol. The number of fused-ring (bicyclic) bond motifs is 10. The van der Waals surface area contributed by atoms with Gasteiger partial charge in [0.1, 0.15) is 0 Å². The highest BCUT2D eigenvalue weighted by atomic mass is 15.2. The van der Waals surface area contributed by atoms with Crippen LogP contribution in [-0.2, 0) is 43.3 Å². The van der Waals surface area contributed by atoms with Crippen LogP contribution in [0.15, 0.2) is 91.0 Å². The van der Waals surface area contributed by atoms with Crippen LogP contribution >= 0.6 is 0 Å². The fourth-order valence-electron chi connectivity index (χ4n) is 15.6. The van der Waals surface area contributed by atoms with E-state index in [4.69, 9.17) is 0 Å². The quantitative estimate of drug-likeness (QED) is 0.159. The second kappa shape index (κ2) is 13.9. The minimum atomic E-state index is -0.161. The van der Waals surface area contributed by atoms with Crippen molar-refractivity contribution >= 4 is 57.2 Å². The van der Waals surface area contributed by atoms with Crippen molar-refractivity contribution in [3.05, 3.63) is 147 Å². The highest BCUT2D eigenvalue weighted by molar-refractivity contribution is 7.00. The molecule has 0 fully saturated rings. The van der Waals surface area contributed by atoms with Gasteiger partial charge in [0.05, 0.1) is 5.69 Å². The first kappa shape index (κ1) is 46.1. The summed E-state index contributed by atoms with van der Waals surface area (Å²) in [5, 5.41) is 0. The summed E-state index contributed by atoms with van der Waals surface area (Å²) in [6.07, 6.45) is 5.89. The smallest absolute Gasteiger partial charge is 0.252 e. The van der Waals surface area contributed by atoms with E-state index in [1.807, 2.05) is 0 Å². The number of benzene rings is 6. The fourth-order valence-corrected chi connectivity index (χ4v) is 15.6. The van der Waals surface area contributed by atoms with Crippen LogP contribution < -0.4 is 26.2 Å². The Morgan fingerprint density at radius 3 is 1.51 bits per heavy atom. The standard InChI is InChI=1S/C67H79BN2/c1-39-31-55-59-56(32-39)70(52-26-25-44(60(2,3)4)58-57(52)41-21-19-20-22-42(41)67(58,17)18)54-37-49-47(65(13,14)38-66(49,15)16)35-51(54)68(59)50-34-46-48(64(11,12)30-29-63(46,9)10)36-53(50)69(55)40-23-24-43-45(33-40)62(7,8)28-27-61(43,5)6/h19-26,31-37H,27-30,38H2,1-18H3. The van der Waals surface area contributed by atoms with Crippen LogP contribution in [-0.4, -0.2) is 6.71 Å². The van der Waals surface area contributed by atoms with E-state index < -0.39 is 0 Å². The van der Waals surface area contributed by atoms with Crippen LogP contribution in [0.4, 0.5) is 34.1 Å². The zero-order chi connectivity index (χ0) is 50.0. The average molecular weight is 923 g/mol. The van der Waals surface area contributed by atoms with Gasteiger partial charge in [-0.25, -0.2) is 0 Å². The van der Waals surface area contributed by atoms with Gasteiger partial charge >= 0.3 is 0 Å². The number of hydrogen-bond acceptors (Lipinski definition) is 2. The normalized spacial score (nSPS) is 21.4. The van der Waals surface area contributed by atoms with Crippen LogP contribution in [0.2, 0.25) is 0 Å². The van der Waals surface area contributed by atoms with Gasteiger partial charge in [-0.2, -0.15) is 0 Å². The third-order valence-corrected chi connectivity index (χ3v) is 19.5. The Morgan fingerprint density at radius 2 is 0.929 bits per heavy atom. The Balaban J connectivity index is 1.24. The van der Waals surface area contributed by atoms with Crippen molar-refractivity contribution in [2.45, 2.75) is 200 Å². The van der Waals surface area contributed by atoms with E-state index in [0.717, 1.165) is 6.42 Å². The van der Waals surface area contributed by atoms with Crippen molar-refractivity contribution in [3.8, 4) is 11.1 Å². The Hall–Kier alpha value is -5.02. The molecule has 2 aliphatic heterocycles. The molecule has 0 N–H and O–H groups in total. The number of hydrogen-bond donors (Lipinski definition) is 0. The summed E-state index contributed by atoms with van der Waals surface area (Å²) >= 11 is 0. The predicted molar refractivity (Wildman–Crippen MR) is 303 cm³/mol. The van der Waals surface area contributed by atoms with E-state index in [-0.39, 0.29) is 50.0 Å². The van der Waals surface area contributed by atoms with Gasteiger partial charge in [0.25, 0.3) is 6.71 Å². The maximum absolute atomic E-state index is 2.77. The highest BCUT2D eigenvalue weighted by Crippen LogP contribution is 2.60. The van der Waals surface area contributed by atoms with Gasteiger partial charge in [-0.1, -0.05) is 166 Å². The van der Waals surface area contributed by atoms with Crippen LogP contribution in [0.25, 0.3) is 11.1 Å². The van der Waals surface area contributed by atoms with Gasteiger partial charge in [-0.15, -0.1) is 0 Å². The Labute approximate surface area is 422 Å². The molecule has 0 aromatic heterocycles. The van der Waals surface area contributed by atoms with Gasteiger partial charge in [-0.3, -0.25) is 0 Å². The molecule has 6 aromatic carbocycles. The molecule has 0 bridgehead atoms. The van der Waals surface area contributed by atoms with Crippen LogP contribution in [0, 0.1) is 6.92 Å². The molecular formula is C67H79BN2. The zero-order valence-electron chi connectivity index (χ0n) is 46.2. The molecule has 0 saturated carbocycles. The van der Waals surface area contributed by atoms with Crippen molar-refractivity contribution in [1.29, 1.82) is 0 Å². The molecule has 0 spiro atoms. The van der Waals surface area contributed by atoms with E-state index in [2.05, 4.69) is 225 Å². The summed E-state index contributed by atoms with van der Waals surface area (Å²) in [6, 6.07) is 37.9. The largest absolute Gasteiger partial charge is 0.311 e. The number of anilines is 6. The molecule has 360 valence electrons. The lowest BCUT2D eigenvalue weighted by Gasteiger charge is -2.48. The Bertz CT molecular complexity index is 3290. The molecule has 6 aromatic rings. The molecule has 70 heavy (non-hydrogen) atoms. The van der Waals surface area contributed by atoms with Gasteiger partial charge in [0, 0.05) is 39.4 Å². The summed E-state index contributed by atoms with van der Waals surface area (Å²) in [4.78, 5) is 5.51. The molecular weight excluding hydrogens is 844 g/mol. The maximum Gasteiger partial charge on any atom is 0.252 e. The van der Waals surface area contributed by atoms with Gasteiger partial charge < -0.3 is 9.80 Å². The summed E-state index contributed by atoms with van der Waals surface area (Å²) in [5.41, 5.74) is 30.0. The first-order valence-electron chi connectivity index (χ1n) is 27.0. The van der Waals surface area contributed by atoms with E-state index in [0.29, 0.717) is 0 Å². The third kappa shape index (κ3) is 6.17. The van der Waals surface area contributed by atoms with Crippen LogP contribution in [0.1, 0.15) is 205 Å². The molecule has 12 rings (SSSR count). The number of rotatable bonds is 2. The lowest BCUT2D eigenvalue weighted by atomic mass is 9.32. The summed E-state index contributed by atoms with van der Waals surface area (Å²) in [5.74, 6) is 0. The lowest BCUT2D eigenvalue weighted by molar-refractivity contribution is 0.332. The van der Waals surface area contributed by atoms with E-state index in [1.165, 1.54) is 143 Å². The van der Waals surface area contributed by atoms with E-state index in [1.54, 1.807) is 0 Å².